The molecule has 1 aromatic heterocycles. The molecule has 0 aliphatic rings. The van der Waals surface area contributed by atoms with Gasteiger partial charge in [-0.15, -0.1) is 11.3 Å². The molecule has 3 aromatic rings. The zero-order valence-corrected chi connectivity index (χ0v) is 13.4. The number of ether oxygens (including phenoxy) is 1. The molecule has 0 fully saturated rings. The van der Waals surface area contributed by atoms with E-state index in [2.05, 4.69) is 13.8 Å². The number of halogens is 1. The Labute approximate surface area is 131 Å². The highest BCUT2D eigenvalue weighted by Gasteiger charge is 2.10. The highest BCUT2D eigenvalue weighted by Crippen LogP contribution is 2.30. The van der Waals surface area contributed by atoms with Crippen LogP contribution in [0.4, 0.5) is 0 Å². The Balaban J connectivity index is 2.18. The van der Waals surface area contributed by atoms with E-state index in [1.807, 2.05) is 30.3 Å². The maximum atomic E-state index is 12.6. The second-order valence-electron chi connectivity index (χ2n) is 5.41. The van der Waals surface area contributed by atoms with Crippen molar-refractivity contribution in [2.24, 2.45) is 5.92 Å². The van der Waals surface area contributed by atoms with Gasteiger partial charge in [-0.2, -0.15) is 0 Å². The van der Waals surface area contributed by atoms with Gasteiger partial charge >= 0.3 is 0 Å². The highest BCUT2D eigenvalue weighted by molar-refractivity contribution is 7.24. The molecule has 108 valence electrons. The lowest BCUT2D eigenvalue weighted by atomic mass is 10.2. The lowest BCUT2D eigenvalue weighted by Crippen LogP contribution is -2.05. The fourth-order valence-corrected chi connectivity index (χ4v) is 3.64. The number of fused-ring (bicyclic) bond motifs is 2. The first-order valence-electron chi connectivity index (χ1n) is 6.84. The first kappa shape index (κ1) is 14.4. The van der Waals surface area contributed by atoms with Gasteiger partial charge in [0.25, 0.3) is 0 Å². The van der Waals surface area contributed by atoms with Crippen molar-refractivity contribution >= 4 is 43.1 Å². The van der Waals surface area contributed by atoms with Gasteiger partial charge in [0, 0.05) is 14.8 Å². The van der Waals surface area contributed by atoms with Crippen molar-refractivity contribution in [3.8, 4) is 5.75 Å². The molecule has 0 aliphatic heterocycles. The third-order valence-electron chi connectivity index (χ3n) is 3.20. The molecule has 1 heterocycles. The van der Waals surface area contributed by atoms with Crippen LogP contribution in [0.3, 0.4) is 0 Å². The second kappa shape index (κ2) is 5.66. The van der Waals surface area contributed by atoms with Crippen molar-refractivity contribution in [1.82, 2.24) is 0 Å². The summed E-state index contributed by atoms with van der Waals surface area (Å²) >= 11 is 7.72. The lowest BCUT2D eigenvalue weighted by Gasteiger charge is -2.09. The monoisotopic (exact) mass is 318 g/mol. The van der Waals surface area contributed by atoms with Crippen LogP contribution < -0.4 is 10.2 Å². The molecule has 0 aliphatic carbocycles. The van der Waals surface area contributed by atoms with E-state index in [0.29, 0.717) is 28.3 Å². The predicted molar refractivity (Wildman–Crippen MR) is 90.9 cm³/mol. The van der Waals surface area contributed by atoms with E-state index in [4.69, 9.17) is 16.3 Å². The van der Waals surface area contributed by atoms with Crippen LogP contribution in [0.15, 0.2) is 41.2 Å². The molecule has 0 unspecified atom stereocenters. The van der Waals surface area contributed by atoms with Gasteiger partial charge in [0.1, 0.15) is 5.75 Å². The molecule has 0 atom stereocenters. The first-order valence-corrected chi connectivity index (χ1v) is 8.03. The molecule has 0 saturated carbocycles. The van der Waals surface area contributed by atoms with Crippen LogP contribution in [0.2, 0.25) is 5.02 Å². The average molecular weight is 319 g/mol. The second-order valence-corrected chi connectivity index (χ2v) is 6.90. The predicted octanol–water partition coefficient (Wildman–Crippen LogP) is 5.10. The van der Waals surface area contributed by atoms with E-state index in [-0.39, 0.29) is 5.43 Å². The van der Waals surface area contributed by atoms with E-state index in [9.17, 15) is 4.79 Å². The molecule has 2 aromatic carbocycles. The molecule has 0 amide bonds. The normalized spacial score (nSPS) is 11.4. The zero-order valence-electron chi connectivity index (χ0n) is 11.9. The fourth-order valence-electron chi connectivity index (χ4n) is 2.19. The highest BCUT2D eigenvalue weighted by atomic mass is 35.5. The van der Waals surface area contributed by atoms with E-state index in [1.165, 1.54) is 0 Å². The van der Waals surface area contributed by atoms with E-state index >= 15 is 0 Å². The van der Waals surface area contributed by atoms with Gasteiger partial charge < -0.3 is 4.74 Å². The third kappa shape index (κ3) is 2.76. The zero-order chi connectivity index (χ0) is 15.0. The molecule has 2 nitrogen and oxygen atoms in total. The minimum Gasteiger partial charge on any atom is -0.493 e. The fraction of sp³-hybridized carbons (Fsp3) is 0.235. The van der Waals surface area contributed by atoms with Crippen molar-refractivity contribution in [1.29, 1.82) is 0 Å². The number of rotatable bonds is 3. The van der Waals surface area contributed by atoms with Crippen molar-refractivity contribution in [2.45, 2.75) is 13.8 Å². The Hall–Kier alpha value is -1.58. The molecule has 4 heteroatoms. The Kier molecular flexibility index (Phi) is 3.87. The van der Waals surface area contributed by atoms with Gasteiger partial charge in [-0.3, -0.25) is 4.79 Å². The average Bonchev–Trinajstić information content (AvgIpc) is 2.45. The summed E-state index contributed by atoms with van der Waals surface area (Å²) in [6, 6.07) is 11.2. The van der Waals surface area contributed by atoms with Gasteiger partial charge in [-0.1, -0.05) is 31.5 Å². The first-order chi connectivity index (χ1) is 10.1. The molecule has 0 radical (unpaired) electrons. The largest absolute Gasteiger partial charge is 0.493 e. The van der Waals surface area contributed by atoms with Crippen LogP contribution in [-0.4, -0.2) is 6.61 Å². The standard InChI is InChI=1S/C17H15ClO2S/c1-10(2)9-20-11-6-7-12-15(8-11)21-14-5-3-4-13(18)16(14)17(12)19/h3-8,10H,9H2,1-2H3. The van der Waals surface area contributed by atoms with Gasteiger partial charge in [0.2, 0.25) is 0 Å². The van der Waals surface area contributed by atoms with Crippen LogP contribution in [0, 0.1) is 5.92 Å². The molecule has 21 heavy (non-hydrogen) atoms. The van der Waals surface area contributed by atoms with Crippen molar-refractivity contribution in [3.63, 3.8) is 0 Å². The van der Waals surface area contributed by atoms with Gasteiger partial charge in [0.05, 0.1) is 17.0 Å². The molecular formula is C17H15ClO2S. The lowest BCUT2D eigenvalue weighted by molar-refractivity contribution is 0.271. The van der Waals surface area contributed by atoms with Crippen LogP contribution >= 0.6 is 22.9 Å². The summed E-state index contributed by atoms with van der Waals surface area (Å²) in [5.74, 6) is 1.27. The summed E-state index contributed by atoms with van der Waals surface area (Å²) in [4.78, 5) is 12.6. The molecule has 0 bridgehead atoms. The summed E-state index contributed by atoms with van der Waals surface area (Å²) in [7, 11) is 0. The van der Waals surface area contributed by atoms with Gasteiger partial charge in [0.15, 0.2) is 5.43 Å². The van der Waals surface area contributed by atoms with E-state index in [0.717, 1.165) is 15.1 Å². The van der Waals surface area contributed by atoms with Crippen molar-refractivity contribution in [2.75, 3.05) is 6.61 Å². The Bertz CT molecular complexity index is 868. The van der Waals surface area contributed by atoms with Crippen LogP contribution in [0.5, 0.6) is 5.75 Å². The van der Waals surface area contributed by atoms with Crippen molar-refractivity contribution < 1.29 is 4.74 Å². The maximum Gasteiger partial charge on any atom is 0.197 e. The smallest absolute Gasteiger partial charge is 0.197 e. The molecule has 3 rings (SSSR count). The minimum absolute atomic E-state index is 0.0141. The summed E-state index contributed by atoms with van der Waals surface area (Å²) < 4.78 is 7.56. The number of hydrogen-bond acceptors (Lipinski definition) is 3. The topological polar surface area (TPSA) is 26.3 Å². The molecule has 0 saturated heterocycles. The molecule has 0 spiro atoms. The number of benzene rings is 2. The minimum atomic E-state index is -0.0141. The Morgan fingerprint density at radius 1 is 1.19 bits per heavy atom. The Morgan fingerprint density at radius 3 is 2.76 bits per heavy atom. The quantitative estimate of drug-likeness (QED) is 0.628. The Morgan fingerprint density at radius 2 is 2.00 bits per heavy atom. The molecule has 0 N–H and O–H groups in total. The SMILES string of the molecule is CC(C)COc1ccc2c(=O)c3c(Cl)cccc3sc2c1. The van der Waals surface area contributed by atoms with Crippen LogP contribution in [0.1, 0.15) is 13.8 Å². The molecular weight excluding hydrogens is 304 g/mol. The van der Waals surface area contributed by atoms with E-state index in [1.54, 1.807) is 17.4 Å². The summed E-state index contributed by atoms with van der Waals surface area (Å²) in [5.41, 5.74) is -0.0141. The summed E-state index contributed by atoms with van der Waals surface area (Å²) in [6.07, 6.45) is 0. The maximum absolute atomic E-state index is 12.6. The van der Waals surface area contributed by atoms with E-state index < -0.39 is 0 Å². The number of hydrogen-bond donors (Lipinski definition) is 0. The van der Waals surface area contributed by atoms with Crippen LogP contribution in [0.25, 0.3) is 20.2 Å². The summed E-state index contributed by atoms with van der Waals surface area (Å²) in [6.45, 7) is 4.88. The summed E-state index contributed by atoms with van der Waals surface area (Å²) in [5, 5.41) is 1.81. The van der Waals surface area contributed by atoms with Crippen LogP contribution in [-0.2, 0) is 0 Å². The van der Waals surface area contributed by atoms with Crippen molar-refractivity contribution in [3.05, 3.63) is 51.6 Å². The third-order valence-corrected chi connectivity index (χ3v) is 4.64. The van der Waals surface area contributed by atoms with Gasteiger partial charge in [-0.25, -0.2) is 0 Å². The van der Waals surface area contributed by atoms with Gasteiger partial charge in [-0.05, 0) is 36.2 Å².